The van der Waals surface area contributed by atoms with E-state index in [4.69, 9.17) is 0 Å². The first-order valence-corrected chi connectivity index (χ1v) is 7.60. The SMILES string of the molecule is Cc1ccc(C(=O)NCC(=O)N2CCC(C)CC2)cc1C. The van der Waals surface area contributed by atoms with Gasteiger partial charge in [-0.3, -0.25) is 9.59 Å². The van der Waals surface area contributed by atoms with E-state index < -0.39 is 0 Å². The zero-order chi connectivity index (χ0) is 15.4. The Labute approximate surface area is 126 Å². The van der Waals surface area contributed by atoms with Gasteiger partial charge in [-0.2, -0.15) is 0 Å². The van der Waals surface area contributed by atoms with E-state index in [-0.39, 0.29) is 18.4 Å². The van der Waals surface area contributed by atoms with E-state index in [9.17, 15) is 9.59 Å². The third-order valence-electron chi connectivity index (χ3n) is 4.31. The zero-order valence-electron chi connectivity index (χ0n) is 13.1. The average molecular weight is 288 g/mol. The predicted molar refractivity (Wildman–Crippen MR) is 83.2 cm³/mol. The Balaban J connectivity index is 1.86. The molecule has 1 aliphatic heterocycles. The van der Waals surface area contributed by atoms with Gasteiger partial charge in [-0.15, -0.1) is 0 Å². The fraction of sp³-hybridized carbons (Fsp3) is 0.529. The summed E-state index contributed by atoms with van der Waals surface area (Å²) in [5, 5.41) is 2.72. The van der Waals surface area contributed by atoms with Gasteiger partial charge in [0.1, 0.15) is 0 Å². The number of carbonyl (C=O) groups is 2. The maximum Gasteiger partial charge on any atom is 0.251 e. The molecule has 21 heavy (non-hydrogen) atoms. The van der Waals surface area contributed by atoms with Crippen LogP contribution in [0.3, 0.4) is 0 Å². The smallest absolute Gasteiger partial charge is 0.251 e. The number of carbonyl (C=O) groups excluding carboxylic acids is 2. The van der Waals surface area contributed by atoms with Crippen molar-refractivity contribution in [3.05, 3.63) is 34.9 Å². The standard InChI is InChI=1S/C17H24N2O2/c1-12-6-8-19(9-7-12)16(20)11-18-17(21)15-5-4-13(2)14(3)10-15/h4-5,10,12H,6-9,11H2,1-3H3,(H,18,21). The Bertz CT molecular complexity index is 532. The Morgan fingerprint density at radius 3 is 2.48 bits per heavy atom. The number of nitrogens with zero attached hydrogens (tertiary/aromatic N) is 1. The highest BCUT2D eigenvalue weighted by Crippen LogP contribution is 2.15. The van der Waals surface area contributed by atoms with Gasteiger partial charge in [-0.25, -0.2) is 0 Å². The molecular formula is C17H24N2O2. The van der Waals surface area contributed by atoms with Crippen molar-refractivity contribution >= 4 is 11.8 Å². The van der Waals surface area contributed by atoms with Crippen molar-refractivity contribution in [1.29, 1.82) is 0 Å². The maximum absolute atomic E-state index is 12.1. The summed E-state index contributed by atoms with van der Waals surface area (Å²) < 4.78 is 0. The number of piperidine rings is 1. The molecule has 0 spiro atoms. The van der Waals surface area contributed by atoms with E-state index in [1.165, 1.54) is 0 Å². The highest BCUT2D eigenvalue weighted by Gasteiger charge is 2.20. The maximum atomic E-state index is 12.1. The monoisotopic (exact) mass is 288 g/mol. The van der Waals surface area contributed by atoms with Crippen molar-refractivity contribution in [3.63, 3.8) is 0 Å². The topological polar surface area (TPSA) is 49.4 Å². The molecule has 0 saturated carbocycles. The van der Waals surface area contributed by atoms with E-state index in [1.807, 2.05) is 30.9 Å². The van der Waals surface area contributed by atoms with E-state index in [1.54, 1.807) is 6.07 Å². The van der Waals surface area contributed by atoms with Crippen molar-refractivity contribution in [2.75, 3.05) is 19.6 Å². The third-order valence-corrected chi connectivity index (χ3v) is 4.31. The van der Waals surface area contributed by atoms with Crippen LogP contribution in [-0.4, -0.2) is 36.3 Å². The van der Waals surface area contributed by atoms with E-state index in [0.29, 0.717) is 11.5 Å². The minimum atomic E-state index is -0.183. The van der Waals surface area contributed by atoms with E-state index >= 15 is 0 Å². The quantitative estimate of drug-likeness (QED) is 0.927. The summed E-state index contributed by atoms with van der Waals surface area (Å²) in [4.78, 5) is 26.0. The second-order valence-electron chi connectivity index (χ2n) is 6.05. The summed E-state index contributed by atoms with van der Waals surface area (Å²) in [5.41, 5.74) is 2.85. The van der Waals surface area contributed by atoms with Gasteiger partial charge >= 0.3 is 0 Å². The Kier molecular flexibility index (Phi) is 4.99. The normalized spacial score (nSPS) is 15.9. The molecule has 0 atom stereocenters. The van der Waals surface area contributed by atoms with Crippen LogP contribution in [0, 0.1) is 19.8 Å². The van der Waals surface area contributed by atoms with Crippen LogP contribution >= 0.6 is 0 Å². The van der Waals surface area contributed by atoms with Crippen molar-refractivity contribution in [1.82, 2.24) is 10.2 Å². The molecule has 4 heteroatoms. The molecule has 114 valence electrons. The highest BCUT2D eigenvalue weighted by molar-refractivity contribution is 5.96. The van der Waals surface area contributed by atoms with Gasteiger partial charge in [0.05, 0.1) is 6.54 Å². The molecule has 1 saturated heterocycles. The molecule has 0 unspecified atom stereocenters. The lowest BCUT2D eigenvalue weighted by atomic mass is 9.99. The van der Waals surface area contributed by atoms with Crippen LogP contribution in [0.5, 0.6) is 0 Å². The lowest BCUT2D eigenvalue weighted by Crippen LogP contribution is -2.43. The molecule has 0 aliphatic carbocycles. The first-order chi connectivity index (χ1) is 9.97. The van der Waals surface area contributed by atoms with Crippen LogP contribution in [0.2, 0.25) is 0 Å². The summed E-state index contributed by atoms with van der Waals surface area (Å²) >= 11 is 0. The Hall–Kier alpha value is -1.84. The number of hydrogen-bond donors (Lipinski definition) is 1. The minimum Gasteiger partial charge on any atom is -0.343 e. The van der Waals surface area contributed by atoms with Crippen molar-refractivity contribution < 1.29 is 9.59 Å². The van der Waals surface area contributed by atoms with Crippen LogP contribution in [0.15, 0.2) is 18.2 Å². The molecule has 4 nitrogen and oxygen atoms in total. The summed E-state index contributed by atoms with van der Waals surface area (Å²) in [5.74, 6) is 0.523. The fourth-order valence-corrected chi connectivity index (χ4v) is 2.51. The number of benzene rings is 1. The van der Waals surface area contributed by atoms with Crippen LogP contribution in [-0.2, 0) is 4.79 Å². The second kappa shape index (κ2) is 6.74. The molecule has 1 heterocycles. The molecule has 2 rings (SSSR count). The van der Waals surface area contributed by atoms with Crippen molar-refractivity contribution in [3.8, 4) is 0 Å². The number of aryl methyl sites for hydroxylation is 2. The lowest BCUT2D eigenvalue weighted by Gasteiger charge is -2.30. The Morgan fingerprint density at radius 2 is 1.86 bits per heavy atom. The number of likely N-dealkylation sites (tertiary alicyclic amines) is 1. The minimum absolute atomic E-state index is 0.0130. The van der Waals surface area contributed by atoms with E-state index in [0.717, 1.165) is 37.1 Å². The molecule has 1 N–H and O–H groups in total. The van der Waals surface area contributed by atoms with Gasteiger partial charge < -0.3 is 10.2 Å². The zero-order valence-corrected chi connectivity index (χ0v) is 13.1. The predicted octanol–water partition coefficient (Wildman–Crippen LogP) is 2.29. The summed E-state index contributed by atoms with van der Waals surface area (Å²) in [6.07, 6.45) is 2.10. The number of amides is 2. The first kappa shape index (κ1) is 15.5. The van der Waals surface area contributed by atoms with Crippen molar-refractivity contribution in [2.45, 2.75) is 33.6 Å². The molecule has 2 amide bonds. The van der Waals surface area contributed by atoms with Crippen LogP contribution in [0.1, 0.15) is 41.3 Å². The van der Waals surface area contributed by atoms with Gasteiger partial charge in [0.25, 0.3) is 5.91 Å². The molecule has 0 bridgehead atoms. The summed E-state index contributed by atoms with van der Waals surface area (Å²) in [6.45, 7) is 7.90. The summed E-state index contributed by atoms with van der Waals surface area (Å²) in [6, 6.07) is 5.58. The molecule has 0 radical (unpaired) electrons. The molecular weight excluding hydrogens is 264 g/mol. The highest BCUT2D eigenvalue weighted by atomic mass is 16.2. The van der Waals surface area contributed by atoms with Gasteiger partial charge in [0.2, 0.25) is 5.91 Å². The molecule has 0 aromatic heterocycles. The number of hydrogen-bond acceptors (Lipinski definition) is 2. The van der Waals surface area contributed by atoms with Crippen LogP contribution in [0.4, 0.5) is 0 Å². The van der Waals surface area contributed by atoms with Crippen LogP contribution < -0.4 is 5.32 Å². The summed E-state index contributed by atoms with van der Waals surface area (Å²) in [7, 11) is 0. The van der Waals surface area contributed by atoms with Crippen LogP contribution in [0.25, 0.3) is 0 Å². The Morgan fingerprint density at radius 1 is 1.19 bits per heavy atom. The van der Waals surface area contributed by atoms with E-state index in [2.05, 4.69) is 12.2 Å². The number of rotatable bonds is 3. The molecule has 1 aliphatic rings. The molecule has 1 aromatic carbocycles. The largest absolute Gasteiger partial charge is 0.343 e. The molecule has 1 fully saturated rings. The lowest BCUT2D eigenvalue weighted by molar-refractivity contribution is -0.131. The second-order valence-corrected chi connectivity index (χ2v) is 6.05. The third kappa shape index (κ3) is 4.06. The number of nitrogens with one attached hydrogen (secondary N) is 1. The fourth-order valence-electron chi connectivity index (χ4n) is 2.51. The van der Waals surface area contributed by atoms with Gasteiger partial charge in [-0.1, -0.05) is 13.0 Å². The van der Waals surface area contributed by atoms with Crippen molar-refractivity contribution in [2.24, 2.45) is 5.92 Å². The average Bonchev–Trinajstić information content (AvgIpc) is 2.48. The molecule has 1 aromatic rings. The van der Waals surface area contributed by atoms with Gasteiger partial charge in [-0.05, 0) is 55.9 Å². The van der Waals surface area contributed by atoms with Gasteiger partial charge in [0.15, 0.2) is 0 Å². The van der Waals surface area contributed by atoms with Gasteiger partial charge in [0, 0.05) is 18.7 Å². The first-order valence-electron chi connectivity index (χ1n) is 7.60.